The maximum atomic E-state index is 12.4. The van der Waals surface area contributed by atoms with E-state index in [1.165, 1.54) is 18.7 Å². The standard InChI is InChI=1S/C20H20N2O5/c1-13(23)15-4-3-5-16(10-15)21-20(25)12-22(14(2)24)17-6-7-18-19(11-17)27-9-8-26-18/h3-7,10-11H,8-9,12H2,1-2H3,(H,21,25). The first-order valence-corrected chi connectivity index (χ1v) is 8.52. The lowest BCUT2D eigenvalue weighted by molar-refractivity contribution is -0.120. The van der Waals surface area contributed by atoms with Crippen molar-refractivity contribution in [1.82, 2.24) is 0 Å². The Hall–Kier alpha value is -3.35. The zero-order chi connectivity index (χ0) is 19.4. The van der Waals surface area contributed by atoms with Gasteiger partial charge in [0.15, 0.2) is 17.3 Å². The fourth-order valence-corrected chi connectivity index (χ4v) is 2.74. The molecule has 2 aromatic carbocycles. The number of carbonyl (C=O) groups is 3. The Morgan fingerprint density at radius 2 is 1.74 bits per heavy atom. The van der Waals surface area contributed by atoms with Crippen LogP contribution in [0.1, 0.15) is 24.2 Å². The number of carbonyl (C=O) groups excluding carboxylic acids is 3. The van der Waals surface area contributed by atoms with Gasteiger partial charge >= 0.3 is 0 Å². The molecule has 1 aliphatic rings. The summed E-state index contributed by atoms with van der Waals surface area (Å²) in [6.07, 6.45) is 0. The van der Waals surface area contributed by atoms with Crippen LogP contribution in [0.2, 0.25) is 0 Å². The van der Waals surface area contributed by atoms with Gasteiger partial charge in [0, 0.05) is 29.9 Å². The summed E-state index contributed by atoms with van der Waals surface area (Å²) in [5.41, 5.74) is 1.54. The summed E-state index contributed by atoms with van der Waals surface area (Å²) in [6.45, 7) is 3.59. The van der Waals surface area contributed by atoms with E-state index in [0.29, 0.717) is 41.7 Å². The zero-order valence-electron chi connectivity index (χ0n) is 15.2. The third kappa shape index (κ3) is 4.44. The minimum absolute atomic E-state index is 0.0901. The molecular formula is C20H20N2O5. The molecule has 0 saturated carbocycles. The second-order valence-electron chi connectivity index (χ2n) is 6.12. The van der Waals surface area contributed by atoms with Gasteiger partial charge in [-0.05, 0) is 31.2 Å². The highest BCUT2D eigenvalue weighted by Crippen LogP contribution is 2.34. The number of fused-ring (bicyclic) bond motifs is 1. The van der Waals surface area contributed by atoms with Crippen molar-refractivity contribution in [3.8, 4) is 11.5 Å². The van der Waals surface area contributed by atoms with Crippen molar-refractivity contribution >= 4 is 29.0 Å². The second kappa shape index (κ2) is 7.90. The first kappa shape index (κ1) is 18.4. The van der Waals surface area contributed by atoms with Gasteiger partial charge in [-0.15, -0.1) is 0 Å². The molecule has 7 heteroatoms. The summed E-state index contributed by atoms with van der Waals surface area (Å²) in [7, 11) is 0. The number of rotatable bonds is 5. The molecule has 3 rings (SSSR count). The largest absolute Gasteiger partial charge is 0.486 e. The predicted molar refractivity (Wildman–Crippen MR) is 101 cm³/mol. The van der Waals surface area contributed by atoms with Crippen LogP contribution < -0.4 is 19.7 Å². The van der Waals surface area contributed by atoms with E-state index in [1.54, 1.807) is 42.5 Å². The van der Waals surface area contributed by atoms with Gasteiger partial charge in [0.1, 0.15) is 19.8 Å². The van der Waals surface area contributed by atoms with E-state index >= 15 is 0 Å². The molecule has 0 aliphatic carbocycles. The normalized spacial score (nSPS) is 12.2. The molecule has 1 heterocycles. The van der Waals surface area contributed by atoms with Crippen LogP contribution in [0.4, 0.5) is 11.4 Å². The number of benzene rings is 2. The van der Waals surface area contributed by atoms with E-state index in [9.17, 15) is 14.4 Å². The molecule has 0 fully saturated rings. The molecule has 2 aromatic rings. The SMILES string of the molecule is CC(=O)c1cccc(NC(=O)CN(C(C)=O)c2ccc3c(c2)OCCO3)c1. The van der Waals surface area contributed by atoms with Crippen LogP contribution >= 0.6 is 0 Å². The number of amides is 2. The number of ketones is 1. The van der Waals surface area contributed by atoms with Crippen molar-refractivity contribution in [2.45, 2.75) is 13.8 Å². The molecule has 1 aliphatic heterocycles. The van der Waals surface area contributed by atoms with Crippen LogP contribution in [-0.4, -0.2) is 37.4 Å². The van der Waals surface area contributed by atoms with Crippen LogP contribution in [0.25, 0.3) is 0 Å². The van der Waals surface area contributed by atoms with Gasteiger partial charge in [-0.2, -0.15) is 0 Å². The molecule has 0 unspecified atom stereocenters. The topological polar surface area (TPSA) is 84.9 Å². The summed E-state index contributed by atoms with van der Waals surface area (Å²) in [4.78, 5) is 37.3. The Balaban J connectivity index is 1.74. The highest BCUT2D eigenvalue weighted by molar-refractivity contribution is 6.02. The minimum atomic E-state index is -0.374. The molecule has 0 atom stereocenters. The smallest absolute Gasteiger partial charge is 0.244 e. The second-order valence-corrected chi connectivity index (χ2v) is 6.12. The predicted octanol–water partition coefficient (Wildman–Crippen LogP) is 2.65. The van der Waals surface area contributed by atoms with Crippen LogP contribution in [0.15, 0.2) is 42.5 Å². The maximum absolute atomic E-state index is 12.4. The number of hydrogen-bond acceptors (Lipinski definition) is 5. The summed E-state index contributed by atoms with van der Waals surface area (Å²) in [5, 5.41) is 2.71. The van der Waals surface area contributed by atoms with E-state index in [0.717, 1.165) is 0 Å². The number of Topliss-reactive ketones (excluding diaryl/α,β-unsaturated/α-hetero) is 1. The molecule has 7 nitrogen and oxygen atoms in total. The Labute approximate surface area is 156 Å². The monoisotopic (exact) mass is 368 g/mol. The van der Waals surface area contributed by atoms with Crippen LogP contribution in [0.5, 0.6) is 11.5 Å². The lowest BCUT2D eigenvalue weighted by atomic mass is 10.1. The van der Waals surface area contributed by atoms with Crippen molar-refractivity contribution in [1.29, 1.82) is 0 Å². The number of nitrogens with one attached hydrogen (secondary N) is 1. The third-order valence-electron chi connectivity index (χ3n) is 4.07. The lowest BCUT2D eigenvalue weighted by Crippen LogP contribution is -2.36. The molecule has 0 radical (unpaired) electrons. The zero-order valence-corrected chi connectivity index (χ0v) is 15.2. The highest BCUT2D eigenvalue weighted by Gasteiger charge is 2.19. The summed E-state index contributed by atoms with van der Waals surface area (Å²) >= 11 is 0. The molecule has 0 aromatic heterocycles. The van der Waals surface area contributed by atoms with Crippen molar-refractivity contribution in [3.63, 3.8) is 0 Å². The number of anilines is 2. The Kier molecular flexibility index (Phi) is 5.40. The molecule has 0 saturated heterocycles. The number of ether oxygens (including phenoxy) is 2. The number of hydrogen-bond donors (Lipinski definition) is 1. The Morgan fingerprint density at radius 3 is 2.44 bits per heavy atom. The maximum Gasteiger partial charge on any atom is 0.244 e. The van der Waals surface area contributed by atoms with Gasteiger partial charge in [-0.25, -0.2) is 0 Å². The van der Waals surface area contributed by atoms with E-state index in [-0.39, 0.29) is 24.1 Å². The molecule has 0 bridgehead atoms. The molecule has 27 heavy (non-hydrogen) atoms. The van der Waals surface area contributed by atoms with E-state index in [1.807, 2.05) is 0 Å². The first-order chi connectivity index (χ1) is 12.9. The van der Waals surface area contributed by atoms with Crippen LogP contribution in [0, 0.1) is 0 Å². The Bertz CT molecular complexity index is 894. The van der Waals surface area contributed by atoms with Gasteiger partial charge in [0.25, 0.3) is 0 Å². The third-order valence-corrected chi connectivity index (χ3v) is 4.07. The van der Waals surface area contributed by atoms with Gasteiger partial charge in [0.05, 0.1) is 0 Å². The molecule has 2 amide bonds. The average molecular weight is 368 g/mol. The van der Waals surface area contributed by atoms with Gasteiger partial charge < -0.3 is 19.7 Å². The minimum Gasteiger partial charge on any atom is -0.486 e. The van der Waals surface area contributed by atoms with Crippen LogP contribution in [-0.2, 0) is 9.59 Å². The van der Waals surface area contributed by atoms with Gasteiger partial charge in [-0.1, -0.05) is 12.1 Å². The van der Waals surface area contributed by atoms with Gasteiger partial charge in [-0.3, -0.25) is 14.4 Å². The number of nitrogens with zero attached hydrogens (tertiary/aromatic N) is 1. The molecule has 1 N–H and O–H groups in total. The fraction of sp³-hybridized carbons (Fsp3) is 0.250. The quantitative estimate of drug-likeness (QED) is 0.820. The van der Waals surface area contributed by atoms with Crippen LogP contribution in [0.3, 0.4) is 0 Å². The van der Waals surface area contributed by atoms with Gasteiger partial charge in [0.2, 0.25) is 11.8 Å². The van der Waals surface area contributed by atoms with E-state index < -0.39 is 0 Å². The fourth-order valence-electron chi connectivity index (χ4n) is 2.74. The Morgan fingerprint density at radius 1 is 1.00 bits per heavy atom. The van der Waals surface area contributed by atoms with Crippen molar-refractivity contribution in [2.75, 3.05) is 30.0 Å². The molecule has 0 spiro atoms. The highest BCUT2D eigenvalue weighted by atomic mass is 16.6. The summed E-state index contributed by atoms with van der Waals surface area (Å²) < 4.78 is 11.0. The summed E-state index contributed by atoms with van der Waals surface area (Å²) in [5.74, 6) is 0.409. The first-order valence-electron chi connectivity index (χ1n) is 8.52. The molecular weight excluding hydrogens is 348 g/mol. The average Bonchev–Trinajstić information content (AvgIpc) is 2.65. The van der Waals surface area contributed by atoms with Crippen molar-refractivity contribution < 1.29 is 23.9 Å². The summed E-state index contributed by atoms with van der Waals surface area (Å²) in [6, 6.07) is 11.8. The molecule has 140 valence electrons. The van der Waals surface area contributed by atoms with Crippen molar-refractivity contribution in [3.05, 3.63) is 48.0 Å². The van der Waals surface area contributed by atoms with E-state index in [2.05, 4.69) is 5.32 Å². The van der Waals surface area contributed by atoms with Crippen molar-refractivity contribution in [2.24, 2.45) is 0 Å². The van der Waals surface area contributed by atoms with E-state index in [4.69, 9.17) is 9.47 Å². The lowest BCUT2D eigenvalue weighted by Gasteiger charge is -2.24.